The molecule has 0 radical (unpaired) electrons. The van der Waals surface area contributed by atoms with Crippen LogP contribution in [0.15, 0.2) is 24.3 Å². The van der Waals surface area contributed by atoms with Gasteiger partial charge in [0, 0.05) is 30.9 Å². The van der Waals surface area contributed by atoms with E-state index >= 15 is 0 Å². The fraction of sp³-hybridized carbons (Fsp3) is 0.647. The lowest BCUT2D eigenvalue weighted by molar-refractivity contribution is 0.177. The predicted molar refractivity (Wildman–Crippen MR) is 83.8 cm³/mol. The van der Waals surface area contributed by atoms with Gasteiger partial charge < -0.3 is 10.2 Å². The highest BCUT2D eigenvalue weighted by Gasteiger charge is 2.20. The second-order valence-electron chi connectivity index (χ2n) is 6.00. The van der Waals surface area contributed by atoms with Gasteiger partial charge in [0.25, 0.3) is 0 Å². The van der Waals surface area contributed by atoms with Crippen LogP contribution in [0.1, 0.15) is 45.6 Å². The van der Waals surface area contributed by atoms with Crippen molar-refractivity contribution < 1.29 is 0 Å². The second-order valence-corrected chi connectivity index (χ2v) is 6.00. The molecule has 2 nitrogen and oxygen atoms in total. The molecule has 1 heterocycles. The third-order valence-electron chi connectivity index (χ3n) is 4.12. The lowest BCUT2D eigenvalue weighted by Gasteiger charge is -2.35. The molecule has 2 rings (SSSR count). The van der Waals surface area contributed by atoms with E-state index in [2.05, 4.69) is 55.3 Å². The van der Waals surface area contributed by atoms with E-state index in [9.17, 15) is 0 Å². The van der Waals surface area contributed by atoms with E-state index in [0.717, 1.165) is 0 Å². The first kappa shape index (κ1) is 14.4. The number of anilines is 1. The van der Waals surface area contributed by atoms with Crippen molar-refractivity contribution in [2.45, 2.75) is 58.5 Å². The van der Waals surface area contributed by atoms with E-state index in [1.54, 1.807) is 0 Å². The number of nitrogens with one attached hydrogen (secondary N) is 1. The molecule has 1 aromatic carbocycles. The van der Waals surface area contributed by atoms with Crippen molar-refractivity contribution in [2.24, 2.45) is 0 Å². The third kappa shape index (κ3) is 4.24. The van der Waals surface area contributed by atoms with Crippen LogP contribution in [0.5, 0.6) is 0 Å². The Morgan fingerprint density at radius 1 is 1.16 bits per heavy atom. The molecule has 2 heteroatoms. The lowest BCUT2D eigenvalue weighted by atomic mass is 10.0. The molecule has 0 saturated carbocycles. The predicted octanol–water partition coefficient (Wildman–Crippen LogP) is 3.92. The number of rotatable bonds is 5. The molecule has 1 aromatic rings. The molecule has 0 atom stereocenters. The van der Waals surface area contributed by atoms with E-state index in [0.29, 0.717) is 12.1 Å². The fourth-order valence-corrected chi connectivity index (χ4v) is 2.85. The van der Waals surface area contributed by atoms with Crippen LogP contribution in [0, 0.1) is 0 Å². The third-order valence-corrected chi connectivity index (χ3v) is 4.12. The van der Waals surface area contributed by atoms with Crippen LogP contribution < -0.4 is 5.32 Å². The second kappa shape index (κ2) is 6.95. The van der Waals surface area contributed by atoms with Gasteiger partial charge in [0.05, 0.1) is 0 Å². The Hall–Kier alpha value is -1.02. The van der Waals surface area contributed by atoms with Crippen LogP contribution in [0.3, 0.4) is 0 Å². The summed E-state index contributed by atoms with van der Waals surface area (Å²) in [6.45, 7) is 9.27. The molecule has 1 fully saturated rings. The van der Waals surface area contributed by atoms with Gasteiger partial charge in [-0.1, -0.05) is 25.5 Å². The van der Waals surface area contributed by atoms with Crippen LogP contribution in [-0.2, 0) is 6.42 Å². The van der Waals surface area contributed by atoms with Crippen LogP contribution in [0.4, 0.5) is 5.69 Å². The molecule has 0 unspecified atom stereocenters. The zero-order valence-corrected chi connectivity index (χ0v) is 12.7. The van der Waals surface area contributed by atoms with Gasteiger partial charge >= 0.3 is 0 Å². The summed E-state index contributed by atoms with van der Waals surface area (Å²) in [6, 6.07) is 10.3. The van der Waals surface area contributed by atoms with Crippen LogP contribution >= 0.6 is 0 Å². The molecule has 19 heavy (non-hydrogen) atoms. The van der Waals surface area contributed by atoms with Crippen molar-refractivity contribution in [1.29, 1.82) is 0 Å². The van der Waals surface area contributed by atoms with Crippen molar-refractivity contribution in [3.05, 3.63) is 29.8 Å². The minimum atomic E-state index is 0.645. The van der Waals surface area contributed by atoms with Crippen molar-refractivity contribution in [2.75, 3.05) is 18.4 Å². The van der Waals surface area contributed by atoms with Gasteiger partial charge in [-0.2, -0.15) is 0 Å². The Morgan fingerprint density at radius 3 is 2.32 bits per heavy atom. The monoisotopic (exact) mass is 260 g/mol. The Labute approximate surface area is 118 Å². The van der Waals surface area contributed by atoms with Gasteiger partial charge in [-0.25, -0.2) is 0 Å². The maximum Gasteiger partial charge on any atom is 0.0342 e. The van der Waals surface area contributed by atoms with Crippen molar-refractivity contribution in [3.8, 4) is 0 Å². The van der Waals surface area contributed by atoms with E-state index < -0.39 is 0 Å². The zero-order chi connectivity index (χ0) is 13.7. The summed E-state index contributed by atoms with van der Waals surface area (Å²) in [5.74, 6) is 0. The van der Waals surface area contributed by atoms with Gasteiger partial charge in [-0.15, -0.1) is 0 Å². The lowest BCUT2D eigenvalue weighted by Crippen LogP contribution is -2.42. The zero-order valence-electron chi connectivity index (χ0n) is 12.7. The summed E-state index contributed by atoms with van der Waals surface area (Å²) in [7, 11) is 0. The molecule has 1 saturated heterocycles. The van der Waals surface area contributed by atoms with E-state index in [1.807, 2.05) is 0 Å². The fourth-order valence-electron chi connectivity index (χ4n) is 2.85. The SMILES string of the molecule is CCCc1ccc(NC2CCN(C(C)C)CC2)cc1. The number of aryl methyl sites for hydroxylation is 1. The first-order valence-electron chi connectivity index (χ1n) is 7.78. The summed E-state index contributed by atoms with van der Waals surface area (Å²) in [4.78, 5) is 2.57. The van der Waals surface area contributed by atoms with Gasteiger partial charge in [0.15, 0.2) is 0 Å². The molecular formula is C17H28N2. The van der Waals surface area contributed by atoms with E-state index in [4.69, 9.17) is 0 Å². The molecule has 1 aliphatic heterocycles. The molecule has 0 aromatic heterocycles. The smallest absolute Gasteiger partial charge is 0.0342 e. The average molecular weight is 260 g/mol. The Bertz CT molecular complexity index is 361. The summed E-state index contributed by atoms with van der Waals surface area (Å²) >= 11 is 0. The van der Waals surface area contributed by atoms with Crippen LogP contribution in [0.2, 0.25) is 0 Å². The Morgan fingerprint density at radius 2 is 1.79 bits per heavy atom. The highest BCUT2D eigenvalue weighted by Crippen LogP contribution is 2.18. The summed E-state index contributed by atoms with van der Waals surface area (Å²) in [5.41, 5.74) is 2.73. The number of hydrogen-bond acceptors (Lipinski definition) is 2. The molecule has 106 valence electrons. The number of piperidine rings is 1. The Kier molecular flexibility index (Phi) is 5.26. The highest BCUT2D eigenvalue weighted by atomic mass is 15.2. The maximum absolute atomic E-state index is 3.68. The molecule has 0 bridgehead atoms. The summed E-state index contributed by atoms with van der Waals surface area (Å²) < 4.78 is 0. The van der Waals surface area contributed by atoms with Crippen molar-refractivity contribution in [1.82, 2.24) is 4.90 Å². The first-order valence-corrected chi connectivity index (χ1v) is 7.78. The number of benzene rings is 1. The quantitative estimate of drug-likeness (QED) is 0.863. The van der Waals surface area contributed by atoms with Crippen molar-refractivity contribution >= 4 is 5.69 Å². The molecule has 1 aliphatic rings. The molecule has 1 N–H and O–H groups in total. The molecular weight excluding hydrogens is 232 g/mol. The highest BCUT2D eigenvalue weighted by molar-refractivity contribution is 5.45. The van der Waals surface area contributed by atoms with Gasteiger partial charge in [0.1, 0.15) is 0 Å². The number of nitrogens with zero attached hydrogens (tertiary/aromatic N) is 1. The van der Waals surface area contributed by atoms with Crippen LogP contribution in [0.25, 0.3) is 0 Å². The van der Waals surface area contributed by atoms with Gasteiger partial charge in [0.2, 0.25) is 0 Å². The Balaban J connectivity index is 1.82. The summed E-state index contributed by atoms with van der Waals surface area (Å²) in [5, 5.41) is 3.68. The van der Waals surface area contributed by atoms with E-state index in [1.165, 1.54) is 50.0 Å². The standard InChI is InChI=1S/C17H28N2/c1-4-5-15-6-8-16(9-7-15)18-17-10-12-19(13-11-17)14(2)3/h6-9,14,17-18H,4-5,10-13H2,1-3H3. The number of likely N-dealkylation sites (tertiary alicyclic amines) is 1. The van der Waals surface area contributed by atoms with Gasteiger partial charge in [-0.3, -0.25) is 0 Å². The summed E-state index contributed by atoms with van der Waals surface area (Å²) in [6.07, 6.45) is 4.93. The molecule has 0 spiro atoms. The maximum atomic E-state index is 3.68. The van der Waals surface area contributed by atoms with Crippen LogP contribution in [-0.4, -0.2) is 30.1 Å². The van der Waals surface area contributed by atoms with Crippen molar-refractivity contribution in [3.63, 3.8) is 0 Å². The largest absolute Gasteiger partial charge is 0.382 e. The minimum Gasteiger partial charge on any atom is -0.382 e. The normalized spacial score (nSPS) is 17.9. The van der Waals surface area contributed by atoms with E-state index in [-0.39, 0.29) is 0 Å². The number of hydrogen-bond donors (Lipinski definition) is 1. The molecule has 0 amide bonds. The first-order chi connectivity index (χ1) is 9.19. The average Bonchev–Trinajstić information content (AvgIpc) is 2.42. The topological polar surface area (TPSA) is 15.3 Å². The minimum absolute atomic E-state index is 0.645. The van der Waals surface area contributed by atoms with Gasteiger partial charge in [-0.05, 0) is 50.8 Å². The molecule has 0 aliphatic carbocycles.